The number of amides is 1. The minimum Gasteiger partial charge on any atom is -0.308 e. The molecule has 5 nitrogen and oxygen atoms in total. The Morgan fingerprint density at radius 2 is 1.66 bits per heavy atom. The number of hydrogen-bond donors (Lipinski definition) is 0. The minimum atomic E-state index is -0.616. The Morgan fingerprint density at radius 3 is 2.43 bits per heavy atom. The highest BCUT2D eigenvalue weighted by Crippen LogP contribution is 2.30. The fraction of sp³-hybridized carbons (Fsp3) is 0.207. The lowest BCUT2D eigenvalue weighted by Gasteiger charge is -2.22. The summed E-state index contributed by atoms with van der Waals surface area (Å²) >= 11 is 0. The summed E-state index contributed by atoms with van der Waals surface area (Å²) in [4.78, 5) is 42.1. The second kappa shape index (κ2) is 9.29. The predicted octanol–water partition coefficient (Wildman–Crippen LogP) is 5.25. The van der Waals surface area contributed by atoms with E-state index in [4.69, 9.17) is 0 Å². The van der Waals surface area contributed by atoms with Crippen molar-refractivity contribution in [3.05, 3.63) is 112 Å². The molecule has 176 valence electrons. The van der Waals surface area contributed by atoms with Crippen molar-refractivity contribution < 1.29 is 14.0 Å². The van der Waals surface area contributed by atoms with Crippen molar-refractivity contribution in [2.45, 2.75) is 26.2 Å². The SMILES string of the molecule is CCN(C(=O)c1cc2ccccc2n(C(=O)CC2Cc3ccc(F)cc3C2)c1=O)c1ccccc1. The molecule has 35 heavy (non-hydrogen) atoms. The third kappa shape index (κ3) is 4.28. The highest BCUT2D eigenvalue weighted by molar-refractivity contribution is 6.08. The number of nitrogens with zero attached hydrogens (tertiary/aromatic N) is 2. The first-order valence-corrected chi connectivity index (χ1v) is 11.8. The van der Waals surface area contributed by atoms with Gasteiger partial charge in [-0.05, 0) is 78.6 Å². The van der Waals surface area contributed by atoms with Gasteiger partial charge in [0.05, 0.1) is 5.52 Å². The standard InChI is InChI=1S/C29H25FN2O3/c1-2-31(24-9-4-3-5-10-24)28(34)25-18-21-8-6-7-11-26(21)32(29(25)35)27(33)16-19-14-20-12-13-23(30)17-22(20)15-19/h3-13,17-19H,2,14-16H2,1H3. The van der Waals surface area contributed by atoms with Crippen molar-refractivity contribution >= 4 is 28.4 Å². The van der Waals surface area contributed by atoms with Crippen LogP contribution in [0.4, 0.5) is 10.1 Å². The first kappa shape index (κ1) is 22.7. The van der Waals surface area contributed by atoms with Gasteiger partial charge < -0.3 is 4.90 Å². The quantitative estimate of drug-likeness (QED) is 0.402. The lowest BCUT2D eigenvalue weighted by atomic mass is 10.0. The van der Waals surface area contributed by atoms with Gasteiger partial charge in [-0.15, -0.1) is 0 Å². The molecule has 0 N–H and O–H groups in total. The Hall–Kier alpha value is -4.06. The number of aromatic nitrogens is 1. The number of pyridine rings is 1. The fourth-order valence-corrected chi connectivity index (χ4v) is 5.02. The topological polar surface area (TPSA) is 59.4 Å². The fourth-order valence-electron chi connectivity index (χ4n) is 5.02. The summed E-state index contributed by atoms with van der Waals surface area (Å²) in [5, 5.41) is 0.643. The van der Waals surface area contributed by atoms with Crippen molar-refractivity contribution in [1.82, 2.24) is 4.57 Å². The number of benzene rings is 3. The molecule has 1 aliphatic rings. The molecule has 3 aromatic carbocycles. The van der Waals surface area contributed by atoms with Gasteiger partial charge in [0, 0.05) is 18.7 Å². The number of rotatable bonds is 5. The molecule has 0 aliphatic heterocycles. The molecule has 0 bridgehead atoms. The molecule has 1 atom stereocenters. The van der Waals surface area contributed by atoms with Gasteiger partial charge in [-0.2, -0.15) is 0 Å². The van der Waals surface area contributed by atoms with Crippen LogP contribution in [0.5, 0.6) is 0 Å². The molecule has 6 heteroatoms. The molecular weight excluding hydrogens is 443 g/mol. The molecule has 0 spiro atoms. The summed E-state index contributed by atoms with van der Waals surface area (Å²) in [5.74, 6) is -1.12. The van der Waals surface area contributed by atoms with E-state index in [0.29, 0.717) is 36.0 Å². The maximum Gasteiger partial charge on any atom is 0.270 e. The van der Waals surface area contributed by atoms with Crippen LogP contribution in [0.3, 0.4) is 0 Å². The van der Waals surface area contributed by atoms with Crippen LogP contribution in [0.15, 0.2) is 83.7 Å². The first-order chi connectivity index (χ1) is 17.0. The van der Waals surface area contributed by atoms with Gasteiger partial charge in [0.2, 0.25) is 5.91 Å². The van der Waals surface area contributed by atoms with Crippen molar-refractivity contribution in [2.24, 2.45) is 5.92 Å². The van der Waals surface area contributed by atoms with E-state index in [1.807, 2.05) is 43.3 Å². The lowest BCUT2D eigenvalue weighted by molar-refractivity contribution is 0.0882. The predicted molar refractivity (Wildman–Crippen MR) is 135 cm³/mol. The summed E-state index contributed by atoms with van der Waals surface area (Å²) in [6, 6.07) is 22.5. The zero-order chi connectivity index (χ0) is 24.5. The molecule has 1 heterocycles. The molecule has 4 aromatic rings. The zero-order valence-corrected chi connectivity index (χ0v) is 19.4. The molecule has 1 amide bonds. The van der Waals surface area contributed by atoms with Crippen molar-refractivity contribution in [3.63, 3.8) is 0 Å². The molecule has 0 radical (unpaired) electrons. The van der Waals surface area contributed by atoms with E-state index in [1.165, 1.54) is 17.0 Å². The van der Waals surface area contributed by atoms with Gasteiger partial charge in [-0.1, -0.05) is 42.5 Å². The van der Waals surface area contributed by atoms with Gasteiger partial charge in [0.1, 0.15) is 11.4 Å². The monoisotopic (exact) mass is 468 g/mol. The third-order valence-electron chi connectivity index (χ3n) is 6.67. The van der Waals surface area contributed by atoms with Crippen LogP contribution >= 0.6 is 0 Å². The van der Waals surface area contributed by atoms with E-state index in [-0.39, 0.29) is 29.6 Å². The molecule has 5 rings (SSSR count). The number of hydrogen-bond acceptors (Lipinski definition) is 3. The van der Waals surface area contributed by atoms with Gasteiger partial charge >= 0.3 is 0 Å². The molecule has 1 aromatic heterocycles. The Kier molecular flexibility index (Phi) is 6.03. The molecule has 1 aliphatic carbocycles. The van der Waals surface area contributed by atoms with Gasteiger partial charge in [0.25, 0.3) is 11.5 Å². The molecule has 0 fully saturated rings. The Balaban J connectivity index is 1.52. The van der Waals surface area contributed by atoms with Gasteiger partial charge in [0.15, 0.2) is 0 Å². The number of carbonyl (C=O) groups is 2. The average Bonchev–Trinajstić information content (AvgIpc) is 3.25. The van der Waals surface area contributed by atoms with Crippen molar-refractivity contribution in [2.75, 3.05) is 11.4 Å². The highest BCUT2D eigenvalue weighted by Gasteiger charge is 2.28. The second-order valence-electron chi connectivity index (χ2n) is 8.93. The smallest absolute Gasteiger partial charge is 0.270 e. The molecule has 0 saturated carbocycles. The van der Waals surface area contributed by atoms with Crippen LogP contribution in [-0.4, -0.2) is 22.9 Å². The van der Waals surface area contributed by atoms with Crippen molar-refractivity contribution in [1.29, 1.82) is 0 Å². The largest absolute Gasteiger partial charge is 0.308 e. The van der Waals surface area contributed by atoms with E-state index in [2.05, 4.69) is 0 Å². The summed E-state index contributed by atoms with van der Waals surface area (Å²) in [6.07, 6.45) is 1.38. The van der Waals surface area contributed by atoms with Crippen LogP contribution in [0.1, 0.15) is 39.6 Å². The van der Waals surface area contributed by atoms with Crippen LogP contribution in [0.2, 0.25) is 0 Å². The first-order valence-electron chi connectivity index (χ1n) is 11.8. The van der Waals surface area contributed by atoms with Crippen LogP contribution in [0.25, 0.3) is 10.9 Å². The van der Waals surface area contributed by atoms with Crippen molar-refractivity contribution in [3.8, 4) is 0 Å². The number of anilines is 1. The highest BCUT2D eigenvalue weighted by atomic mass is 19.1. The zero-order valence-electron chi connectivity index (χ0n) is 19.4. The van der Waals surface area contributed by atoms with Crippen LogP contribution in [-0.2, 0) is 12.8 Å². The normalized spacial score (nSPS) is 14.6. The number of para-hydroxylation sites is 2. The number of fused-ring (bicyclic) bond motifs is 2. The maximum absolute atomic E-state index is 13.6. The average molecular weight is 469 g/mol. The second-order valence-corrected chi connectivity index (χ2v) is 8.93. The molecule has 1 unspecified atom stereocenters. The third-order valence-corrected chi connectivity index (χ3v) is 6.67. The molecule has 0 saturated heterocycles. The Morgan fingerprint density at radius 1 is 0.943 bits per heavy atom. The summed E-state index contributed by atoms with van der Waals surface area (Å²) in [6.45, 7) is 2.22. The van der Waals surface area contributed by atoms with E-state index in [0.717, 1.165) is 15.7 Å². The summed E-state index contributed by atoms with van der Waals surface area (Å²) < 4.78 is 14.8. The van der Waals surface area contributed by atoms with E-state index < -0.39 is 11.5 Å². The number of carbonyl (C=O) groups excluding carboxylic acids is 2. The van der Waals surface area contributed by atoms with Crippen LogP contribution in [0, 0.1) is 11.7 Å². The van der Waals surface area contributed by atoms with Crippen LogP contribution < -0.4 is 10.5 Å². The summed E-state index contributed by atoms with van der Waals surface area (Å²) in [7, 11) is 0. The lowest BCUT2D eigenvalue weighted by Crippen LogP contribution is -2.38. The van der Waals surface area contributed by atoms with E-state index in [9.17, 15) is 18.8 Å². The maximum atomic E-state index is 13.6. The van der Waals surface area contributed by atoms with E-state index >= 15 is 0 Å². The molecular formula is C29H25FN2O3. The Labute approximate surface area is 202 Å². The Bertz CT molecular complexity index is 1490. The van der Waals surface area contributed by atoms with Gasteiger partial charge in [-0.3, -0.25) is 14.4 Å². The minimum absolute atomic E-state index is 0.0271. The number of halogens is 1. The van der Waals surface area contributed by atoms with Gasteiger partial charge in [-0.25, -0.2) is 8.96 Å². The van der Waals surface area contributed by atoms with E-state index in [1.54, 1.807) is 30.3 Å². The summed E-state index contributed by atoms with van der Waals surface area (Å²) in [5.41, 5.74) is 2.44.